The van der Waals surface area contributed by atoms with Gasteiger partial charge in [-0.15, -0.1) is 5.10 Å². The first-order valence-corrected chi connectivity index (χ1v) is 2.06. The maximum Gasteiger partial charge on any atom is 0.314 e. The molecule has 0 atom stereocenters. The van der Waals surface area contributed by atoms with Gasteiger partial charge in [-0.1, -0.05) is 5.11 Å². The zero-order chi connectivity index (χ0) is 5.98. The molecule has 2 N–H and O–H groups in total. The summed E-state index contributed by atoms with van der Waals surface area (Å²) in [6.45, 7) is 0.117. The standard InChI is InChI=1S/C3H4N4O/c4-1-2-3(8)6-7-5-2/h1,4H2. The first-order chi connectivity index (χ1) is 3.84. The maximum atomic E-state index is 10.3. The lowest BCUT2D eigenvalue weighted by molar-refractivity contribution is -0.111. The Morgan fingerprint density at radius 1 is 1.62 bits per heavy atom. The van der Waals surface area contributed by atoms with Gasteiger partial charge in [-0.2, -0.15) is 0 Å². The maximum absolute atomic E-state index is 10.3. The van der Waals surface area contributed by atoms with E-state index in [1.54, 1.807) is 0 Å². The number of carbonyl (C=O) groups is 1. The van der Waals surface area contributed by atoms with Gasteiger partial charge in [0.1, 0.15) is 5.71 Å². The van der Waals surface area contributed by atoms with E-state index in [4.69, 9.17) is 5.73 Å². The Bertz CT molecular complexity index is 170. The van der Waals surface area contributed by atoms with E-state index in [-0.39, 0.29) is 12.3 Å². The molecule has 1 aliphatic heterocycles. The van der Waals surface area contributed by atoms with Crippen molar-refractivity contribution < 1.29 is 4.79 Å². The minimum Gasteiger partial charge on any atom is -0.325 e. The quantitative estimate of drug-likeness (QED) is 0.486. The van der Waals surface area contributed by atoms with Crippen molar-refractivity contribution in [2.45, 2.75) is 0 Å². The summed E-state index contributed by atoms with van der Waals surface area (Å²) >= 11 is 0. The van der Waals surface area contributed by atoms with Gasteiger partial charge in [0.05, 0.1) is 0 Å². The molecule has 1 aliphatic rings. The van der Waals surface area contributed by atoms with Crippen molar-refractivity contribution in [3.8, 4) is 0 Å². The Morgan fingerprint density at radius 3 is 2.62 bits per heavy atom. The zero-order valence-electron chi connectivity index (χ0n) is 4.03. The molecule has 0 saturated carbocycles. The largest absolute Gasteiger partial charge is 0.325 e. The smallest absolute Gasteiger partial charge is 0.314 e. The van der Waals surface area contributed by atoms with E-state index in [9.17, 15) is 4.79 Å². The molecule has 5 heteroatoms. The van der Waals surface area contributed by atoms with Crippen LogP contribution in [0, 0.1) is 0 Å². The van der Waals surface area contributed by atoms with Crippen LogP contribution in [0.15, 0.2) is 15.4 Å². The Kier molecular flexibility index (Phi) is 1.13. The van der Waals surface area contributed by atoms with E-state index in [1.165, 1.54) is 0 Å². The van der Waals surface area contributed by atoms with Gasteiger partial charge in [-0.05, 0) is 5.22 Å². The van der Waals surface area contributed by atoms with Crippen molar-refractivity contribution in [3.63, 3.8) is 0 Å². The lowest BCUT2D eigenvalue weighted by Crippen LogP contribution is -2.19. The molecule has 0 aromatic heterocycles. The zero-order valence-corrected chi connectivity index (χ0v) is 4.03. The van der Waals surface area contributed by atoms with Gasteiger partial charge in [0.15, 0.2) is 0 Å². The summed E-state index contributed by atoms with van der Waals surface area (Å²) in [5.74, 6) is -0.424. The second kappa shape index (κ2) is 1.79. The van der Waals surface area contributed by atoms with Crippen molar-refractivity contribution in [2.75, 3.05) is 6.54 Å². The fraction of sp³-hybridized carbons (Fsp3) is 0.333. The molecular weight excluding hydrogens is 108 g/mol. The first kappa shape index (κ1) is 5.04. The number of amides is 1. The summed E-state index contributed by atoms with van der Waals surface area (Å²) in [6.07, 6.45) is 0. The van der Waals surface area contributed by atoms with Crippen molar-refractivity contribution in [2.24, 2.45) is 21.2 Å². The van der Waals surface area contributed by atoms with E-state index in [2.05, 4.69) is 15.4 Å². The van der Waals surface area contributed by atoms with Crippen LogP contribution in [-0.4, -0.2) is 18.2 Å². The molecule has 0 radical (unpaired) electrons. The third-order valence-corrected chi connectivity index (χ3v) is 0.741. The molecule has 0 saturated heterocycles. The highest BCUT2D eigenvalue weighted by Gasteiger charge is 2.12. The molecular formula is C3H4N4O. The lowest BCUT2D eigenvalue weighted by atomic mass is 10.4. The molecule has 0 unspecified atom stereocenters. The monoisotopic (exact) mass is 112 g/mol. The van der Waals surface area contributed by atoms with Gasteiger partial charge < -0.3 is 5.73 Å². The van der Waals surface area contributed by atoms with Crippen LogP contribution in [0.2, 0.25) is 0 Å². The minimum absolute atomic E-state index is 0.117. The lowest BCUT2D eigenvalue weighted by Gasteiger charge is -1.81. The number of hydrogen-bond donors (Lipinski definition) is 1. The summed E-state index contributed by atoms with van der Waals surface area (Å²) in [5, 5.41) is 9.53. The summed E-state index contributed by atoms with van der Waals surface area (Å²) in [5.41, 5.74) is 5.28. The average Bonchev–Trinajstić information content (AvgIpc) is 2.14. The van der Waals surface area contributed by atoms with Gasteiger partial charge in [-0.3, -0.25) is 4.79 Å². The van der Waals surface area contributed by atoms with Crippen molar-refractivity contribution in [1.29, 1.82) is 0 Å². The van der Waals surface area contributed by atoms with Crippen molar-refractivity contribution in [3.05, 3.63) is 0 Å². The van der Waals surface area contributed by atoms with Gasteiger partial charge in [0, 0.05) is 6.54 Å². The number of nitrogens with two attached hydrogens (primary N) is 1. The third kappa shape index (κ3) is 0.627. The normalized spacial score (nSPS) is 17.1. The van der Waals surface area contributed by atoms with E-state index >= 15 is 0 Å². The molecule has 1 rings (SSSR count). The Labute approximate surface area is 45.3 Å². The van der Waals surface area contributed by atoms with Crippen LogP contribution in [0.4, 0.5) is 0 Å². The van der Waals surface area contributed by atoms with Gasteiger partial charge in [-0.25, -0.2) is 0 Å². The number of hydrogen-bond acceptors (Lipinski definition) is 4. The van der Waals surface area contributed by atoms with Crippen LogP contribution in [0.1, 0.15) is 0 Å². The van der Waals surface area contributed by atoms with Crippen LogP contribution < -0.4 is 5.73 Å². The first-order valence-electron chi connectivity index (χ1n) is 2.06. The third-order valence-electron chi connectivity index (χ3n) is 0.741. The Morgan fingerprint density at radius 2 is 2.38 bits per heavy atom. The molecule has 0 bridgehead atoms. The van der Waals surface area contributed by atoms with Crippen LogP contribution >= 0.6 is 0 Å². The van der Waals surface area contributed by atoms with Crippen LogP contribution in [0.25, 0.3) is 0 Å². The van der Waals surface area contributed by atoms with E-state index < -0.39 is 5.91 Å². The Hall–Kier alpha value is -1.10. The summed E-state index contributed by atoms with van der Waals surface area (Å²) in [7, 11) is 0. The van der Waals surface area contributed by atoms with E-state index in [0.29, 0.717) is 0 Å². The van der Waals surface area contributed by atoms with Gasteiger partial charge >= 0.3 is 5.91 Å². The number of nitrogens with zero attached hydrogens (tertiary/aromatic N) is 3. The topological polar surface area (TPSA) is 80.2 Å². The molecule has 0 spiro atoms. The average molecular weight is 112 g/mol. The molecule has 42 valence electrons. The van der Waals surface area contributed by atoms with Gasteiger partial charge in [0.2, 0.25) is 0 Å². The fourth-order valence-electron chi connectivity index (χ4n) is 0.346. The molecule has 8 heavy (non-hydrogen) atoms. The molecule has 0 fully saturated rings. The second-order valence-corrected chi connectivity index (χ2v) is 1.25. The summed E-state index contributed by atoms with van der Waals surface area (Å²) < 4.78 is 0. The van der Waals surface area contributed by atoms with Crippen LogP contribution in [0.5, 0.6) is 0 Å². The Balaban J connectivity index is 2.73. The van der Waals surface area contributed by atoms with Gasteiger partial charge in [0.25, 0.3) is 0 Å². The molecule has 0 aromatic rings. The highest BCUT2D eigenvalue weighted by atomic mass is 16.2. The summed E-state index contributed by atoms with van der Waals surface area (Å²) in [4.78, 5) is 10.3. The number of carbonyl (C=O) groups excluding carboxylic acids is 1. The SMILES string of the molecule is NCC1=NN=NC1=O. The number of rotatable bonds is 1. The molecule has 1 heterocycles. The van der Waals surface area contributed by atoms with E-state index in [0.717, 1.165) is 0 Å². The fourth-order valence-corrected chi connectivity index (χ4v) is 0.346. The molecule has 0 aromatic carbocycles. The predicted molar refractivity (Wildman–Crippen MR) is 26.4 cm³/mol. The van der Waals surface area contributed by atoms with Crippen molar-refractivity contribution in [1.82, 2.24) is 0 Å². The highest BCUT2D eigenvalue weighted by Crippen LogP contribution is 1.93. The second-order valence-electron chi connectivity index (χ2n) is 1.25. The van der Waals surface area contributed by atoms with Crippen molar-refractivity contribution >= 4 is 11.6 Å². The van der Waals surface area contributed by atoms with Crippen LogP contribution in [-0.2, 0) is 4.79 Å². The highest BCUT2D eigenvalue weighted by molar-refractivity contribution is 6.40. The predicted octanol–water partition coefficient (Wildman–Crippen LogP) is -0.707. The minimum atomic E-state index is -0.424. The van der Waals surface area contributed by atoms with Crippen LogP contribution in [0.3, 0.4) is 0 Å². The molecule has 0 aliphatic carbocycles. The van der Waals surface area contributed by atoms with E-state index in [1.807, 2.05) is 0 Å². The molecule has 1 amide bonds. The summed E-state index contributed by atoms with van der Waals surface area (Å²) in [6, 6.07) is 0. The molecule has 5 nitrogen and oxygen atoms in total.